The quantitative estimate of drug-likeness (QED) is 0.922. The number of carbonyl (C=O) groups is 1. The molecule has 5 heteroatoms. The molecule has 0 unspecified atom stereocenters. The minimum absolute atomic E-state index is 0.00442. The van der Waals surface area contributed by atoms with Crippen molar-refractivity contribution in [2.75, 3.05) is 6.61 Å². The smallest absolute Gasteiger partial charge is 0.246 e. The van der Waals surface area contributed by atoms with Gasteiger partial charge in [0, 0.05) is 29.9 Å². The second-order valence-electron chi connectivity index (χ2n) is 6.57. The van der Waals surface area contributed by atoms with Gasteiger partial charge in [0.1, 0.15) is 12.3 Å². The molecule has 0 aliphatic heterocycles. The molecule has 124 valence electrons. The number of carbonyl (C=O) groups excluding carboxylic acids is 1. The second kappa shape index (κ2) is 7.13. The summed E-state index contributed by atoms with van der Waals surface area (Å²) >= 11 is 0. The first kappa shape index (κ1) is 16.0. The zero-order valence-corrected chi connectivity index (χ0v) is 13.9. The average molecular weight is 315 g/mol. The Morgan fingerprint density at radius 2 is 2.13 bits per heavy atom. The largest absolute Gasteiger partial charge is 0.369 e. The Bertz CT molecular complexity index is 657. The van der Waals surface area contributed by atoms with Crippen LogP contribution in [0.25, 0.3) is 11.0 Å². The number of nitrogens with one attached hydrogen (secondary N) is 1. The number of aromatic nitrogens is 2. The third-order valence-electron chi connectivity index (χ3n) is 4.48. The van der Waals surface area contributed by atoms with Crippen molar-refractivity contribution in [3.8, 4) is 0 Å². The van der Waals surface area contributed by atoms with Crippen LogP contribution in [-0.2, 0) is 9.53 Å². The fraction of sp³-hybridized carbons (Fsp3) is 0.556. The molecule has 1 aliphatic carbocycles. The lowest BCUT2D eigenvalue weighted by Crippen LogP contribution is -2.40. The zero-order valence-electron chi connectivity index (χ0n) is 13.9. The Balaban J connectivity index is 1.53. The van der Waals surface area contributed by atoms with Crippen molar-refractivity contribution in [3.05, 3.63) is 30.6 Å². The molecule has 1 fully saturated rings. The van der Waals surface area contributed by atoms with E-state index in [-0.39, 0.29) is 24.7 Å². The molecule has 0 bridgehead atoms. The molecular formula is C18H25N3O2. The summed E-state index contributed by atoms with van der Waals surface area (Å²) in [6.07, 6.45) is 8.21. The summed E-state index contributed by atoms with van der Waals surface area (Å²) in [6.45, 7) is 4.03. The Morgan fingerprint density at radius 3 is 2.87 bits per heavy atom. The summed E-state index contributed by atoms with van der Waals surface area (Å²) in [6, 6.07) is 6.93. The molecule has 1 aliphatic rings. The van der Waals surface area contributed by atoms with E-state index < -0.39 is 0 Å². The fourth-order valence-corrected chi connectivity index (χ4v) is 3.29. The number of rotatable bonds is 5. The van der Waals surface area contributed by atoms with Gasteiger partial charge in [-0.15, -0.1) is 0 Å². The maximum absolute atomic E-state index is 11.8. The third-order valence-corrected chi connectivity index (χ3v) is 4.48. The van der Waals surface area contributed by atoms with E-state index in [9.17, 15) is 4.79 Å². The van der Waals surface area contributed by atoms with Crippen LogP contribution in [0.5, 0.6) is 0 Å². The van der Waals surface area contributed by atoms with Crippen LogP contribution in [0, 0.1) is 0 Å². The maximum atomic E-state index is 11.8. The van der Waals surface area contributed by atoms with Crippen LogP contribution in [0.2, 0.25) is 0 Å². The number of hydrogen-bond acceptors (Lipinski definition) is 3. The lowest BCUT2D eigenvalue weighted by molar-refractivity contribution is -0.128. The monoisotopic (exact) mass is 315 g/mol. The number of ether oxygens (including phenoxy) is 1. The van der Waals surface area contributed by atoms with Gasteiger partial charge in [-0.25, -0.2) is 4.98 Å². The summed E-state index contributed by atoms with van der Waals surface area (Å²) in [5.41, 5.74) is 1.06. The van der Waals surface area contributed by atoms with Gasteiger partial charge in [-0.2, -0.15) is 0 Å². The summed E-state index contributed by atoms with van der Waals surface area (Å²) in [7, 11) is 0. The Hall–Kier alpha value is -1.88. The van der Waals surface area contributed by atoms with E-state index in [0.717, 1.165) is 31.3 Å². The molecule has 1 N–H and O–H groups in total. The number of fused-ring (bicyclic) bond motifs is 1. The summed E-state index contributed by atoms with van der Waals surface area (Å²) in [4.78, 5) is 16.4. The number of nitrogens with zero attached hydrogens (tertiary/aromatic N) is 2. The van der Waals surface area contributed by atoms with Gasteiger partial charge in [0.2, 0.25) is 5.91 Å². The Morgan fingerprint density at radius 1 is 1.35 bits per heavy atom. The van der Waals surface area contributed by atoms with Gasteiger partial charge in [0.25, 0.3) is 0 Å². The van der Waals surface area contributed by atoms with E-state index in [2.05, 4.69) is 33.2 Å². The molecule has 0 aromatic carbocycles. The van der Waals surface area contributed by atoms with Crippen molar-refractivity contribution in [1.82, 2.24) is 14.9 Å². The predicted octanol–water partition coefficient (Wildman–Crippen LogP) is 3.06. The molecule has 0 radical (unpaired) electrons. The number of hydrogen-bond donors (Lipinski definition) is 1. The first-order valence-corrected chi connectivity index (χ1v) is 8.46. The van der Waals surface area contributed by atoms with Gasteiger partial charge < -0.3 is 14.6 Å². The fourth-order valence-electron chi connectivity index (χ4n) is 3.29. The van der Waals surface area contributed by atoms with Crippen molar-refractivity contribution in [3.63, 3.8) is 0 Å². The van der Waals surface area contributed by atoms with Crippen LogP contribution in [0.1, 0.15) is 45.6 Å². The van der Waals surface area contributed by atoms with Gasteiger partial charge in [-0.3, -0.25) is 4.79 Å². The highest BCUT2D eigenvalue weighted by atomic mass is 16.5. The normalized spacial score (nSPS) is 21.7. The van der Waals surface area contributed by atoms with Gasteiger partial charge in [-0.05, 0) is 57.7 Å². The van der Waals surface area contributed by atoms with Crippen molar-refractivity contribution in [2.45, 2.75) is 57.7 Å². The topological polar surface area (TPSA) is 56.1 Å². The van der Waals surface area contributed by atoms with Crippen LogP contribution in [0.3, 0.4) is 0 Å². The molecule has 1 amide bonds. The second-order valence-corrected chi connectivity index (χ2v) is 6.57. The molecule has 1 saturated carbocycles. The maximum Gasteiger partial charge on any atom is 0.246 e. The van der Waals surface area contributed by atoms with Crippen molar-refractivity contribution in [2.24, 2.45) is 0 Å². The lowest BCUT2D eigenvalue weighted by Gasteiger charge is -2.30. The highest BCUT2D eigenvalue weighted by Gasteiger charge is 2.24. The number of amides is 1. The minimum Gasteiger partial charge on any atom is -0.369 e. The van der Waals surface area contributed by atoms with Crippen LogP contribution >= 0.6 is 0 Å². The Kier molecular flexibility index (Phi) is 4.96. The minimum atomic E-state index is -0.00442. The molecule has 23 heavy (non-hydrogen) atoms. The van der Waals surface area contributed by atoms with Crippen molar-refractivity contribution >= 4 is 16.9 Å². The molecule has 0 spiro atoms. The molecule has 5 nitrogen and oxygen atoms in total. The Labute approximate surface area is 137 Å². The van der Waals surface area contributed by atoms with Gasteiger partial charge in [-0.1, -0.05) is 0 Å². The van der Waals surface area contributed by atoms with E-state index in [1.54, 1.807) is 0 Å². The van der Waals surface area contributed by atoms with E-state index in [4.69, 9.17) is 4.74 Å². The van der Waals surface area contributed by atoms with Gasteiger partial charge in [0.15, 0.2) is 0 Å². The van der Waals surface area contributed by atoms with E-state index >= 15 is 0 Å². The van der Waals surface area contributed by atoms with Crippen LogP contribution in [-0.4, -0.2) is 34.2 Å². The molecule has 2 aromatic rings. The molecule has 0 saturated heterocycles. The summed E-state index contributed by atoms with van der Waals surface area (Å²) in [5, 5.41) is 4.28. The van der Waals surface area contributed by atoms with E-state index in [0.29, 0.717) is 6.04 Å². The summed E-state index contributed by atoms with van der Waals surface area (Å²) in [5.74, 6) is -0.00442. The van der Waals surface area contributed by atoms with Crippen LogP contribution in [0.4, 0.5) is 0 Å². The van der Waals surface area contributed by atoms with Crippen molar-refractivity contribution in [1.29, 1.82) is 0 Å². The van der Waals surface area contributed by atoms with Gasteiger partial charge >= 0.3 is 0 Å². The zero-order chi connectivity index (χ0) is 16.2. The third kappa shape index (κ3) is 3.91. The number of pyridine rings is 1. The van der Waals surface area contributed by atoms with Crippen LogP contribution < -0.4 is 5.32 Å². The predicted molar refractivity (Wildman–Crippen MR) is 90.3 cm³/mol. The summed E-state index contributed by atoms with van der Waals surface area (Å²) < 4.78 is 7.64. The highest BCUT2D eigenvalue weighted by Crippen LogP contribution is 2.31. The van der Waals surface area contributed by atoms with Crippen LogP contribution in [0.15, 0.2) is 30.6 Å². The molecule has 2 aromatic heterocycles. The SMILES string of the molecule is CC(C)OCC(=O)NC1CCC(n2ccc3cccnc32)CC1. The molecule has 0 atom stereocenters. The lowest BCUT2D eigenvalue weighted by atomic mass is 9.91. The molecule has 3 rings (SSSR count). The first-order chi connectivity index (χ1) is 11.1. The van der Waals surface area contributed by atoms with E-state index in [1.165, 1.54) is 5.39 Å². The first-order valence-electron chi connectivity index (χ1n) is 8.46. The molecular weight excluding hydrogens is 290 g/mol. The standard InChI is InChI=1S/C18H25N3O2/c1-13(2)23-12-17(22)20-15-5-7-16(8-6-15)21-11-9-14-4-3-10-19-18(14)21/h3-4,9-11,13,15-16H,5-8,12H2,1-2H3,(H,20,22). The van der Waals surface area contributed by atoms with E-state index in [1.807, 2.05) is 26.1 Å². The average Bonchev–Trinajstić information content (AvgIpc) is 2.98. The van der Waals surface area contributed by atoms with Gasteiger partial charge in [0.05, 0.1) is 6.10 Å². The van der Waals surface area contributed by atoms with Crippen molar-refractivity contribution < 1.29 is 9.53 Å². The molecule has 2 heterocycles. The highest BCUT2D eigenvalue weighted by molar-refractivity contribution is 5.77.